The largest absolute Gasteiger partial charge is 0.357 e. The van der Waals surface area contributed by atoms with Crippen molar-refractivity contribution in [3.8, 4) is 0 Å². The van der Waals surface area contributed by atoms with Crippen LogP contribution in [0.4, 0.5) is 5.82 Å². The van der Waals surface area contributed by atoms with Crippen LogP contribution in [0.2, 0.25) is 0 Å². The third kappa shape index (κ3) is 4.43. The van der Waals surface area contributed by atoms with Crippen LogP contribution in [0.1, 0.15) is 56.0 Å². The summed E-state index contributed by atoms with van der Waals surface area (Å²) in [5.41, 5.74) is 0.913. The van der Waals surface area contributed by atoms with Gasteiger partial charge in [0.2, 0.25) is 5.91 Å². The highest BCUT2D eigenvalue weighted by atomic mass is 16.2. The van der Waals surface area contributed by atoms with Gasteiger partial charge in [-0.3, -0.25) is 4.79 Å². The minimum Gasteiger partial charge on any atom is -0.357 e. The molecule has 1 N–H and O–H groups in total. The summed E-state index contributed by atoms with van der Waals surface area (Å²) in [5, 5.41) is 10.4. The standard InChI is InChI=1S/C19H27N7O/c27-18(5-3-4-16-14-21-24-23-16)26-12-7-15(8-13-26)19-20-9-6-17(22-19)25-10-1-2-11-25/h6,9,14-15H,1-5,7-8,10-13H2,(H,21,23,24). The second-order valence-corrected chi connectivity index (χ2v) is 7.44. The van der Waals surface area contributed by atoms with Crippen molar-refractivity contribution in [2.24, 2.45) is 0 Å². The van der Waals surface area contributed by atoms with E-state index < -0.39 is 0 Å². The van der Waals surface area contributed by atoms with Crippen LogP contribution in [0.5, 0.6) is 0 Å². The topological polar surface area (TPSA) is 90.9 Å². The summed E-state index contributed by atoms with van der Waals surface area (Å²) in [4.78, 5) is 26.1. The molecule has 27 heavy (non-hydrogen) atoms. The van der Waals surface area contributed by atoms with Gasteiger partial charge in [0.15, 0.2) is 0 Å². The highest BCUT2D eigenvalue weighted by molar-refractivity contribution is 5.76. The Kier molecular flexibility index (Phi) is 5.60. The molecule has 0 spiro atoms. The number of hydrogen-bond donors (Lipinski definition) is 1. The normalized spacial score (nSPS) is 18.2. The predicted octanol–water partition coefficient (Wildman–Crippen LogP) is 1.92. The number of rotatable bonds is 6. The van der Waals surface area contributed by atoms with Gasteiger partial charge < -0.3 is 9.80 Å². The SMILES string of the molecule is O=C(CCCc1cn[nH]n1)N1CCC(c2nccc(N3CCCC3)n2)CC1. The molecule has 1 amide bonds. The first-order chi connectivity index (χ1) is 13.3. The van der Waals surface area contributed by atoms with E-state index in [9.17, 15) is 4.79 Å². The van der Waals surface area contributed by atoms with Crippen LogP contribution in [0.15, 0.2) is 18.5 Å². The molecule has 0 bridgehead atoms. The lowest BCUT2D eigenvalue weighted by molar-refractivity contribution is -0.132. The summed E-state index contributed by atoms with van der Waals surface area (Å²) >= 11 is 0. The summed E-state index contributed by atoms with van der Waals surface area (Å²) in [6, 6.07) is 2.02. The molecule has 8 heteroatoms. The number of aromatic amines is 1. The Morgan fingerprint density at radius 3 is 2.74 bits per heavy atom. The minimum atomic E-state index is 0.240. The van der Waals surface area contributed by atoms with Gasteiger partial charge in [0.25, 0.3) is 0 Å². The molecule has 2 aromatic heterocycles. The van der Waals surface area contributed by atoms with Crippen LogP contribution in [-0.2, 0) is 11.2 Å². The maximum Gasteiger partial charge on any atom is 0.222 e. The first-order valence-corrected chi connectivity index (χ1v) is 10.00. The Balaban J connectivity index is 1.26. The zero-order valence-electron chi connectivity index (χ0n) is 15.7. The molecular weight excluding hydrogens is 342 g/mol. The number of aryl methyl sites for hydroxylation is 1. The van der Waals surface area contributed by atoms with Crippen molar-refractivity contribution >= 4 is 11.7 Å². The molecule has 2 aliphatic rings. The lowest BCUT2D eigenvalue weighted by atomic mass is 9.95. The molecule has 0 saturated carbocycles. The van der Waals surface area contributed by atoms with E-state index in [-0.39, 0.29) is 5.91 Å². The lowest BCUT2D eigenvalue weighted by Crippen LogP contribution is -2.38. The van der Waals surface area contributed by atoms with Crippen LogP contribution in [0.25, 0.3) is 0 Å². The molecule has 144 valence electrons. The fraction of sp³-hybridized carbons (Fsp3) is 0.632. The Morgan fingerprint density at radius 1 is 1.19 bits per heavy atom. The number of aromatic nitrogens is 5. The smallest absolute Gasteiger partial charge is 0.222 e. The Morgan fingerprint density at radius 2 is 2.00 bits per heavy atom. The fourth-order valence-corrected chi connectivity index (χ4v) is 3.99. The summed E-state index contributed by atoms with van der Waals surface area (Å²) in [6.07, 6.45) is 10.1. The van der Waals surface area contributed by atoms with Crippen molar-refractivity contribution < 1.29 is 4.79 Å². The van der Waals surface area contributed by atoms with E-state index in [1.807, 2.05) is 17.2 Å². The number of anilines is 1. The minimum absolute atomic E-state index is 0.240. The summed E-state index contributed by atoms with van der Waals surface area (Å²) in [6.45, 7) is 3.78. The van der Waals surface area contributed by atoms with Gasteiger partial charge in [-0.15, -0.1) is 0 Å². The number of H-pyrrole nitrogens is 1. The molecule has 0 unspecified atom stereocenters. The molecule has 2 aromatic rings. The number of nitrogens with zero attached hydrogens (tertiary/aromatic N) is 6. The van der Waals surface area contributed by atoms with Gasteiger partial charge in [0, 0.05) is 44.7 Å². The van der Waals surface area contributed by atoms with Crippen molar-refractivity contribution in [2.75, 3.05) is 31.1 Å². The van der Waals surface area contributed by atoms with Crippen molar-refractivity contribution in [1.29, 1.82) is 0 Å². The van der Waals surface area contributed by atoms with Crippen LogP contribution >= 0.6 is 0 Å². The highest BCUT2D eigenvalue weighted by Crippen LogP contribution is 2.27. The quantitative estimate of drug-likeness (QED) is 0.837. The van der Waals surface area contributed by atoms with Crippen LogP contribution in [0.3, 0.4) is 0 Å². The average molecular weight is 369 g/mol. The van der Waals surface area contributed by atoms with E-state index >= 15 is 0 Å². The molecule has 2 saturated heterocycles. The van der Waals surface area contributed by atoms with Crippen molar-refractivity contribution in [2.45, 2.75) is 50.9 Å². The van der Waals surface area contributed by atoms with Crippen LogP contribution < -0.4 is 4.90 Å². The number of nitrogens with one attached hydrogen (secondary N) is 1. The molecule has 0 aromatic carbocycles. The van der Waals surface area contributed by atoms with E-state index in [4.69, 9.17) is 4.98 Å². The third-order valence-corrected chi connectivity index (χ3v) is 5.59. The van der Waals surface area contributed by atoms with Crippen LogP contribution in [-0.4, -0.2) is 62.4 Å². The molecule has 2 aliphatic heterocycles. The van der Waals surface area contributed by atoms with Gasteiger partial charge in [-0.25, -0.2) is 9.97 Å². The first kappa shape index (κ1) is 17.9. The maximum atomic E-state index is 12.4. The zero-order chi connectivity index (χ0) is 18.5. The average Bonchev–Trinajstić information content (AvgIpc) is 3.42. The molecular formula is C19H27N7O. The van der Waals surface area contributed by atoms with Gasteiger partial charge in [-0.05, 0) is 44.6 Å². The number of carbonyl (C=O) groups excluding carboxylic acids is 1. The summed E-state index contributed by atoms with van der Waals surface area (Å²) in [7, 11) is 0. The lowest BCUT2D eigenvalue weighted by Gasteiger charge is -2.31. The summed E-state index contributed by atoms with van der Waals surface area (Å²) < 4.78 is 0. The summed E-state index contributed by atoms with van der Waals surface area (Å²) in [5.74, 6) is 2.59. The Hall–Kier alpha value is -2.51. The molecule has 8 nitrogen and oxygen atoms in total. The molecule has 4 rings (SSSR count). The zero-order valence-corrected chi connectivity index (χ0v) is 15.7. The third-order valence-electron chi connectivity index (χ3n) is 5.59. The predicted molar refractivity (Wildman–Crippen MR) is 101 cm³/mol. The molecule has 0 aliphatic carbocycles. The number of likely N-dealkylation sites (tertiary alicyclic amines) is 1. The number of hydrogen-bond acceptors (Lipinski definition) is 6. The Bertz CT molecular complexity index is 734. The second-order valence-electron chi connectivity index (χ2n) is 7.44. The van der Waals surface area contributed by atoms with Crippen molar-refractivity contribution in [1.82, 2.24) is 30.3 Å². The highest BCUT2D eigenvalue weighted by Gasteiger charge is 2.26. The maximum absolute atomic E-state index is 12.4. The number of carbonyl (C=O) groups is 1. The van der Waals surface area contributed by atoms with E-state index in [2.05, 4.69) is 25.3 Å². The second kappa shape index (κ2) is 8.45. The van der Waals surface area contributed by atoms with Crippen molar-refractivity contribution in [3.05, 3.63) is 30.0 Å². The molecule has 0 radical (unpaired) electrons. The van der Waals surface area contributed by atoms with Gasteiger partial charge in [0.1, 0.15) is 11.6 Å². The molecule has 2 fully saturated rings. The van der Waals surface area contributed by atoms with Gasteiger partial charge in [-0.1, -0.05) is 0 Å². The van der Waals surface area contributed by atoms with Gasteiger partial charge >= 0.3 is 0 Å². The van der Waals surface area contributed by atoms with Crippen LogP contribution in [0, 0.1) is 0 Å². The van der Waals surface area contributed by atoms with E-state index in [1.165, 1.54) is 12.8 Å². The first-order valence-electron chi connectivity index (χ1n) is 10.00. The fourth-order valence-electron chi connectivity index (χ4n) is 3.99. The Labute approximate surface area is 159 Å². The van der Waals surface area contributed by atoms with Gasteiger partial charge in [0.05, 0.1) is 11.9 Å². The van der Waals surface area contributed by atoms with Crippen molar-refractivity contribution in [3.63, 3.8) is 0 Å². The number of piperidine rings is 1. The van der Waals surface area contributed by atoms with Gasteiger partial charge in [-0.2, -0.15) is 15.4 Å². The monoisotopic (exact) mass is 369 g/mol. The van der Waals surface area contributed by atoms with E-state index in [0.717, 1.165) is 69.2 Å². The van der Waals surface area contributed by atoms with E-state index in [1.54, 1.807) is 6.20 Å². The number of amides is 1. The van der Waals surface area contributed by atoms with E-state index in [0.29, 0.717) is 12.3 Å². The molecule has 4 heterocycles. The molecule has 0 atom stereocenters.